The number of halogens is 1. The number of hydrogen-bond acceptors (Lipinski definition) is 2. The second kappa shape index (κ2) is 4.54. The molecule has 0 atom stereocenters. The van der Waals surface area contributed by atoms with Gasteiger partial charge in [0.25, 0.3) is 0 Å². The van der Waals surface area contributed by atoms with Crippen molar-refractivity contribution in [3.05, 3.63) is 23.2 Å². The van der Waals surface area contributed by atoms with E-state index in [2.05, 4.69) is 12.2 Å². The zero-order valence-corrected chi connectivity index (χ0v) is 10.5. The SMILES string of the molecule is CC1(Nc2cccc(Cl)c2N)CCCCC1. The van der Waals surface area contributed by atoms with Gasteiger partial charge in [-0.05, 0) is 31.9 Å². The maximum absolute atomic E-state index is 6.01. The van der Waals surface area contributed by atoms with E-state index in [-0.39, 0.29) is 5.54 Å². The summed E-state index contributed by atoms with van der Waals surface area (Å²) >= 11 is 6.01. The summed E-state index contributed by atoms with van der Waals surface area (Å²) in [5.74, 6) is 0. The third kappa shape index (κ3) is 2.43. The van der Waals surface area contributed by atoms with Gasteiger partial charge in [0.1, 0.15) is 0 Å². The van der Waals surface area contributed by atoms with Crippen molar-refractivity contribution >= 4 is 23.0 Å². The zero-order chi connectivity index (χ0) is 11.6. The summed E-state index contributed by atoms with van der Waals surface area (Å²) in [6.45, 7) is 2.27. The number of nitrogen functional groups attached to an aromatic ring is 1. The predicted octanol–water partition coefficient (Wildman–Crippen LogP) is 4.06. The fourth-order valence-corrected chi connectivity index (χ4v) is 2.60. The average molecular weight is 239 g/mol. The van der Waals surface area contributed by atoms with E-state index >= 15 is 0 Å². The Morgan fingerprint density at radius 3 is 2.62 bits per heavy atom. The molecule has 1 fully saturated rings. The molecule has 0 aromatic heterocycles. The van der Waals surface area contributed by atoms with Crippen molar-refractivity contribution in [2.75, 3.05) is 11.1 Å². The Morgan fingerprint density at radius 1 is 1.25 bits per heavy atom. The molecule has 1 aromatic rings. The van der Waals surface area contributed by atoms with Crippen LogP contribution in [0.2, 0.25) is 5.02 Å². The molecule has 1 aliphatic rings. The van der Waals surface area contributed by atoms with Gasteiger partial charge in [-0.2, -0.15) is 0 Å². The molecule has 0 spiro atoms. The Labute approximate surface area is 102 Å². The molecule has 0 bridgehead atoms. The highest BCUT2D eigenvalue weighted by molar-refractivity contribution is 6.33. The van der Waals surface area contributed by atoms with Crippen molar-refractivity contribution in [3.63, 3.8) is 0 Å². The third-order valence-electron chi connectivity index (χ3n) is 3.45. The topological polar surface area (TPSA) is 38.0 Å². The molecule has 1 aliphatic carbocycles. The van der Waals surface area contributed by atoms with Crippen molar-refractivity contribution in [2.24, 2.45) is 0 Å². The van der Waals surface area contributed by atoms with Crippen LogP contribution in [-0.2, 0) is 0 Å². The molecule has 2 rings (SSSR count). The monoisotopic (exact) mass is 238 g/mol. The number of nitrogens with one attached hydrogen (secondary N) is 1. The van der Waals surface area contributed by atoms with Crippen LogP contribution in [0.1, 0.15) is 39.0 Å². The lowest BCUT2D eigenvalue weighted by atomic mass is 9.83. The quantitative estimate of drug-likeness (QED) is 0.763. The van der Waals surface area contributed by atoms with Gasteiger partial charge in [0.05, 0.1) is 16.4 Å². The molecule has 0 aliphatic heterocycles. The van der Waals surface area contributed by atoms with Crippen LogP contribution in [0.25, 0.3) is 0 Å². The van der Waals surface area contributed by atoms with Crippen molar-refractivity contribution in [3.8, 4) is 0 Å². The molecule has 0 amide bonds. The minimum absolute atomic E-state index is 0.178. The normalized spacial score (nSPS) is 19.4. The molecule has 0 radical (unpaired) electrons. The first-order valence-corrected chi connectivity index (χ1v) is 6.31. The number of hydrogen-bond donors (Lipinski definition) is 2. The van der Waals surface area contributed by atoms with E-state index in [1.165, 1.54) is 32.1 Å². The van der Waals surface area contributed by atoms with Crippen molar-refractivity contribution in [1.82, 2.24) is 0 Å². The fourth-order valence-electron chi connectivity index (χ4n) is 2.43. The van der Waals surface area contributed by atoms with Crippen LogP contribution in [0.15, 0.2) is 18.2 Å². The van der Waals surface area contributed by atoms with Gasteiger partial charge in [-0.25, -0.2) is 0 Å². The summed E-state index contributed by atoms with van der Waals surface area (Å²) in [5, 5.41) is 4.19. The highest BCUT2D eigenvalue weighted by atomic mass is 35.5. The van der Waals surface area contributed by atoms with Gasteiger partial charge >= 0.3 is 0 Å². The maximum atomic E-state index is 6.01. The average Bonchev–Trinajstić information content (AvgIpc) is 2.26. The number of nitrogens with two attached hydrogens (primary N) is 1. The first-order chi connectivity index (χ1) is 7.61. The summed E-state index contributed by atoms with van der Waals surface area (Å²) in [7, 11) is 0. The molecular weight excluding hydrogens is 220 g/mol. The highest BCUT2D eigenvalue weighted by Crippen LogP contribution is 2.35. The van der Waals surface area contributed by atoms with E-state index in [1.807, 2.05) is 18.2 Å². The summed E-state index contributed by atoms with van der Waals surface area (Å²) in [5.41, 5.74) is 7.77. The van der Waals surface area contributed by atoms with E-state index in [0.717, 1.165) is 5.69 Å². The van der Waals surface area contributed by atoms with Gasteiger partial charge in [0.2, 0.25) is 0 Å². The standard InChI is InChI=1S/C13H19ClN2/c1-13(8-3-2-4-9-13)16-11-7-5-6-10(14)12(11)15/h5-7,16H,2-4,8-9,15H2,1H3. The van der Waals surface area contributed by atoms with Crippen molar-refractivity contribution < 1.29 is 0 Å². The molecule has 3 heteroatoms. The molecule has 16 heavy (non-hydrogen) atoms. The van der Waals surface area contributed by atoms with Gasteiger partial charge in [-0.15, -0.1) is 0 Å². The summed E-state index contributed by atoms with van der Waals surface area (Å²) in [4.78, 5) is 0. The Bertz CT molecular complexity index is 370. The number of benzene rings is 1. The van der Waals surface area contributed by atoms with Crippen molar-refractivity contribution in [1.29, 1.82) is 0 Å². The molecule has 0 heterocycles. The van der Waals surface area contributed by atoms with E-state index in [0.29, 0.717) is 10.7 Å². The van der Waals surface area contributed by atoms with E-state index in [4.69, 9.17) is 17.3 Å². The zero-order valence-electron chi connectivity index (χ0n) is 9.72. The van der Waals surface area contributed by atoms with Crippen LogP contribution in [0.3, 0.4) is 0 Å². The Hall–Kier alpha value is -0.890. The van der Waals surface area contributed by atoms with Crippen LogP contribution in [0, 0.1) is 0 Å². The van der Waals surface area contributed by atoms with Crippen LogP contribution in [-0.4, -0.2) is 5.54 Å². The van der Waals surface area contributed by atoms with E-state index in [9.17, 15) is 0 Å². The minimum atomic E-state index is 0.178. The lowest BCUT2D eigenvalue weighted by Crippen LogP contribution is -2.37. The molecule has 0 unspecified atom stereocenters. The maximum Gasteiger partial charge on any atom is 0.0739 e. The lowest BCUT2D eigenvalue weighted by Gasteiger charge is -2.36. The molecule has 2 nitrogen and oxygen atoms in total. The van der Waals surface area contributed by atoms with Crippen LogP contribution < -0.4 is 11.1 Å². The molecule has 0 saturated heterocycles. The van der Waals surface area contributed by atoms with E-state index < -0.39 is 0 Å². The summed E-state index contributed by atoms with van der Waals surface area (Å²) in [6.07, 6.45) is 6.36. The number of rotatable bonds is 2. The van der Waals surface area contributed by atoms with E-state index in [1.54, 1.807) is 0 Å². The molecule has 3 N–H and O–H groups in total. The van der Waals surface area contributed by atoms with Gasteiger partial charge < -0.3 is 11.1 Å². The molecule has 1 aromatic carbocycles. The van der Waals surface area contributed by atoms with Crippen LogP contribution in [0.5, 0.6) is 0 Å². The van der Waals surface area contributed by atoms with Gasteiger partial charge in [-0.1, -0.05) is 36.9 Å². The predicted molar refractivity (Wildman–Crippen MR) is 71.0 cm³/mol. The van der Waals surface area contributed by atoms with Gasteiger partial charge in [-0.3, -0.25) is 0 Å². The molecule has 1 saturated carbocycles. The number of anilines is 2. The van der Waals surface area contributed by atoms with Crippen LogP contribution in [0.4, 0.5) is 11.4 Å². The summed E-state index contributed by atoms with van der Waals surface area (Å²) in [6, 6.07) is 5.76. The Balaban J connectivity index is 2.16. The van der Waals surface area contributed by atoms with Crippen molar-refractivity contribution in [2.45, 2.75) is 44.6 Å². The second-order valence-electron chi connectivity index (χ2n) is 4.95. The lowest BCUT2D eigenvalue weighted by molar-refractivity contribution is 0.349. The Kier molecular flexibility index (Phi) is 3.29. The number of para-hydroxylation sites is 1. The van der Waals surface area contributed by atoms with Gasteiger partial charge in [0, 0.05) is 5.54 Å². The Morgan fingerprint density at radius 2 is 1.94 bits per heavy atom. The first kappa shape index (κ1) is 11.6. The highest BCUT2D eigenvalue weighted by Gasteiger charge is 2.26. The summed E-state index contributed by atoms with van der Waals surface area (Å²) < 4.78 is 0. The molecule has 88 valence electrons. The third-order valence-corrected chi connectivity index (χ3v) is 3.78. The largest absolute Gasteiger partial charge is 0.396 e. The second-order valence-corrected chi connectivity index (χ2v) is 5.35. The van der Waals surface area contributed by atoms with Gasteiger partial charge in [0.15, 0.2) is 0 Å². The smallest absolute Gasteiger partial charge is 0.0739 e. The molecular formula is C13H19ClN2. The minimum Gasteiger partial charge on any atom is -0.396 e. The van der Waals surface area contributed by atoms with Crippen LogP contribution >= 0.6 is 11.6 Å². The first-order valence-electron chi connectivity index (χ1n) is 5.93. The fraction of sp³-hybridized carbons (Fsp3) is 0.538.